The number of thiophene rings is 1. The molecule has 3 rings (SSSR count). The van der Waals surface area contributed by atoms with Gasteiger partial charge < -0.3 is 10.1 Å². The zero-order valence-corrected chi connectivity index (χ0v) is 13.4. The van der Waals surface area contributed by atoms with Crippen LogP contribution in [0.1, 0.15) is 33.8 Å². The fraction of sp³-hybridized carbons (Fsp3) is 0.500. The van der Waals surface area contributed by atoms with E-state index < -0.39 is 0 Å². The van der Waals surface area contributed by atoms with Crippen molar-refractivity contribution in [2.75, 3.05) is 19.8 Å². The Kier molecular flexibility index (Phi) is 4.32. The lowest BCUT2D eigenvalue weighted by Crippen LogP contribution is -2.44. The molecular weight excluding hydrogens is 306 g/mol. The van der Waals surface area contributed by atoms with Gasteiger partial charge in [0.05, 0.1) is 5.69 Å². The first-order valence-corrected chi connectivity index (χ1v) is 8.60. The number of nitrogens with zero attached hydrogens (tertiary/aromatic N) is 2. The van der Waals surface area contributed by atoms with Crippen LogP contribution in [0.15, 0.2) is 16.8 Å². The number of ether oxygens (including phenoxy) is 1. The second-order valence-corrected chi connectivity index (χ2v) is 6.81. The molecule has 7 heteroatoms. The Morgan fingerprint density at radius 1 is 1.48 bits per heavy atom. The highest BCUT2D eigenvalue weighted by Crippen LogP contribution is 2.35. The summed E-state index contributed by atoms with van der Waals surface area (Å²) in [7, 11) is 0. The minimum absolute atomic E-state index is 0.0140. The molecule has 2 aromatic heterocycles. The quantitative estimate of drug-likeness (QED) is 0.938. The van der Waals surface area contributed by atoms with E-state index >= 15 is 0 Å². The van der Waals surface area contributed by atoms with E-state index in [1.54, 1.807) is 11.3 Å². The Morgan fingerprint density at radius 2 is 2.29 bits per heavy atom. The highest BCUT2D eigenvalue weighted by Gasteiger charge is 2.35. The fourth-order valence-corrected chi connectivity index (χ4v) is 4.02. The van der Waals surface area contributed by atoms with Crippen molar-refractivity contribution in [1.29, 1.82) is 0 Å². The van der Waals surface area contributed by atoms with E-state index in [0.29, 0.717) is 17.1 Å². The average Bonchev–Trinajstić information content (AvgIpc) is 3.17. The molecule has 1 amide bonds. The molecule has 1 saturated heterocycles. The summed E-state index contributed by atoms with van der Waals surface area (Å²) in [5, 5.41) is 11.2. The van der Waals surface area contributed by atoms with Gasteiger partial charge in [0.1, 0.15) is 4.88 Å². The van der Waals surface area contributed by atoms with Crippen LogP contribution in [0, 0.1) is 6.92 Å². The molecule has 1 aliphatic rings. The van der Waals surface area contributed by atoms with Crippen molar-refractivity contribution in [1.82, 2.24) is 14.9 Å². The van der Waals surface area contributed by atoms with Gasteiger partial charge in [0.25, 0.3) is 5.91 Å². The summed E-state index contributed by atoms with van der Waals surface area (Å²) >= 11 is 2.84. The molecule has 0 bridgehead atoms. The number of rotatable bonds is 4. The zero-order chi connectivity index (χ0) is 14.7. The van der Waals surface area contributed by atoms with Crippen LogP contribution >= 0.6 is 22.9 Å². The number of carbonyl (C=O) groups excluding carboxylic acids is 1. The molecule has 1 aliphatic heterocycles. The molecule has 3 heterocycles. The van der Waals surface area contributed by atoms with Crippen LogP contribution in [-0.2, 0) is 10.2 Å². The molecule has 0 saturated carbocycles. The average molecular weight is 323 g/mol. The minimum Gasteiger partial charge on any atom is -0.381 e. The molecular formula is C14H17N3O2S2. The fourth-order valence-electron chi connectivity index (χ4n) is 2.67. The van der Waals surface area contributed by atoms with Crippen LogP contribution in [-0.4, -0.2) is 35.3 Å². The van der Waals surface area contributed by atoms with Gasteiger partial charge in [-0.3, -0.25) is 4.79 Å². The normalized spacial score (nSPS) is 17.6. The number of carbonyl (C=O) groups is 1. The van der Waals surface area contributed by atoms with Crippen molar-refractivity contribution in [2.24, 2.45) is 0 Å². The van der Waals surface area contributed by atoms with E-state index in [0.717, 1.165) is 37.6 Å². The molecule has 21 heavy (non-hydrogen) atoms. The smallest absolute Gasteiger partial charge is 0.264 e. The van der Waals surface area contributed by atoms with Crippen LogP contribution in [0.3, 0.4) is 0 Å². The number of hydrogen-bond acceptors (Lipinski definition) is 6. The van der Waals surface area contributed by atoms with Crippen molar-refractivity contribution >= 4 is 28.8 Å². The SMILES string of the molecule is Cc1nnsc1C(=O)NCC1(c2ccsc2)CCOCC1. The van der Waals surface area contributed by atoms with Crippen LogP contribution < -0.4 is 5.32 Å². The first kappa shape index (κ1) is 14.6. The molecule has 1 N–H and O–H groups in total. The molecule has 0 aromatic carbocycles. The monoisotopic (exact) mass is 323 g/mol. The minimum atomic E-state index is -0.0800. The van der Waals surface area contributed by atoms with Crippen molar-refractivity contribution in [2.45, 2.75) is 25.2 Å². The van der Waals surface area contributed by atoms with Gasteiger partial charge in [-0.05, 0) is 53.7 Å². The van der Waals surface area contributed by atoms with E-state index in [2.05, 4.69) is 31.7 Å². The van der Waals surface area contributed by atoms with Crippen LogP contribution in [0.25, 0.3) is 0 Å². The number of nitrogens with one attached hydrogen (secondary N) is 1. The van der Waals surface area contributed by atoms with Gasteiger partial charge in [-0.25, -0.2) is 0 Å². The van der Waals surface area contributed by atoms with Crippen molar-refractivity contribution < 1.29 is 9.53 Å². The Labute approximate surface area is 131 Å². The Morgan fingerprint density at radius 3 is 2.90 bits per heavy atom. The van der Waals surface area contributed by atoms with Gasteiger partial charge in [-0.1, -0.05) is 4.49 Å². The summed E-state index contributed by atoms with van der Waals surface area (Å²) in [6, 6.07) is 2.15. The Hall–Kier alpha value is -1.31. The molecule has 1 fully saturated rings. The highest BCUT2D eigenvalue weighted by molar-refractivity contribution is 7.08. The lowest BCUT2D eigenvalue weighted by atomic mass is 9.75. The molecule has 2 aromatic rings. The third-order valence-corrected chi connectivity index (χ3v) is 5.54. The molecule has 0 spiro atoms. The molecule has 0 atom stereocenters. The van der Waals surface area contributed by atoms with Gasteiger partial charge in [0.2, 0.25) is 0 Å². The van der Waals surface area contributed by atoms with Gasteiger partial charge >= 0.3 is 0 Å². The molecule has 5 nitrogen and oxygen atoms in total. The van der Waals surface area contributed by atoms with Gasteiger partial charge in [-0.15, -0.1) is 5.10 Å². The third-order valence-electron chi connectivity index (χ3n) is 4.03. The largest absolute Gasteiger partial charge is 0.381 e. The number of aryl methyl sites for hydroxylation is 1. The second kappa shape index (κ2) is 6.21. The van der Waals surface area contributed by atoms with E-state index in [4.69, 9.17) is 4.74 Å². The number of hydrogen-bond donors (Lipinski definition) is 1. The summed E-state index contributed by atoms with van der Waals surface area (Å²) in [6.07, 6.45) is 1.87. The van der Waals surface area contributed by atoms with E-state index in [1.807, 2.05) is 6.92 Å². The lowest BCUT2D eigenvalue weighted by Gasteiger charge is -2.37. The van der Waals surface area contributed by atoms with Gasteiger partial charge in [-0.2, -0.15) is 11.3 Å². The molecule has 0 unspecified atom stereocenters. The van der Waals surface area contributed by atoms with Crippen molar-refractivity contribution in [3.63, 3.8) is 0 Å². The van der Waals surface area contributed by atoms with E-state index in [9.17, 15) is 4.79 Å². The Balaban J connectivity index is 1.74. The predicted molar refractivity (Wildman–Crippen MR) is 83.0 cm³/mol. The maximum Gasteiger partial charge on any atom is 0.264 e. The van der Waals surface area contributed by atoms with Crippen molar-refractivity contribution in [3.8, 4) is 0 Å². The van der Waals surface area contributed by atoms with Crippen LogP contribution in [0.4, 0.5) is 0 Å². The highest BCUT2D eigenvalue weighted by atomic mass is 32.1. The van der Waals surface area contributed by atoms with Crippen LogP contribution in [0.5, 0.6) is 0 Å². The standard InChI is InChI=1S/C14H17N3O2S2/c1-10-12(21-17-16-10)13(18)15-9-14(3-5-19-6-4-14)11-2-7-20-8-11/h2,7-8H,3-6,9H2,1H3,(H,15,18). The van der Waals surface area contributed by atoms with E-state index in [-0.39, 0.29) is 11.3 Å². The third kappa shape index (κ3) is 3.00. The number of aromatic nitrogens is 2. The summed E-state index contributed by atoms with van der Waals surface area (Å²) in [5.74, 6) is -0.0800. The maximum absolute atomic E-state index is 12.3. The maximum atomic E-state index is 12.3. The summed E-state index contributed by atoms with van der Waals surface area (Å²) in [6.45, 7) is 3.92. The van der Waals surface area contributed by atoms with Crippen LogP contribution in [0.2, 0.25) is 0 Å². The summed E-state index contributed by atoms with van der Waals surface area (Å²) in [5.41, 5.74) is 1.98. The van der Waals surface area contributed by atoms with E-state index in [1.165, 1.54) is 5.56 Å². The number of amides is 1. The van der Waals surface area contributed by atoms with Gasteiger partial charge in [0.15, 0.2) is 0 Å². The predicted octanol–water partition coefficient (Wildman–Crippen LogP) is 2.39. The topological polar surface area (TPSA) is 64.1 Å². The summed E-state index contributed by atoms with van der Waals surface area (Å²) in [4.78, 5) is 12.9. The lowest BCUT2D eigenvalue weighted by molar-refractivity contribution is 0.0489. The first-order valence-electron chi connectivity index (χ1n) is 6.89. The zero-order valence-electron chi connectivity index (χ0n) is 11.8. The molecule has 112 valence electrons. The second-order valence-electron chi connectivity index (χ2n) is 5.27. The molecule has 0 radical (unpaired) electrons. The Bertz CT molecular complexity index is 604. The molecule has 0 aliphatic carbocycles. The summed E-state index contributed by atoms with van der Waals surface area (Å²) < 4.78 is 9.31. The van der Waals surface area contributed by atoms with Crippen molar-refractivity contribution in [3.05, 3.63) is 33.0 Å². The first-order chi connectivity index (χ1) is 10.2. The van der Waals surface area contributed by atoms with Gasteiger partial charge in [0, 0.05) is 25.2 Å².